The van der Waals surface area contributed by atoms with Crippen molar-refractivity contribution in [2.24, 2.45) is 5.84 Å². The molecular weight excluding hydrogens is 258 g/mol. The number of nitrogen functional groups attached to an aromatic ring is 1. The Morgan fingerprint density at radius 1 is 1.35 bits per heavy atom. The Morgan fingerprint density at radius 2 is 2.10 bits per heavy atom. The number of nitrogens with one attached hydrogen (secondary N) is 2. The molecule has 112 valence electrons. The molecule has 0 bridgehead atoms. The monoisotopic (exact) mass is 281 g/mol. The molecule has 1 aromatic heterocycles. The van der Waals surface area contributed by atoms with Crippen LogP contribution in [0.5, 0.6) is 6.01 Å². The van der Waals surface area contributed by atoms with Crippen LogP contribution in [0, 0.1) is 0 Å². The molecule has 8 heteroatoms. The predicted molar refractivity (Wildman–Crippen MR) is 77.5 cm³/mol. The minimum absolute atomic E-state index is 0.00293. The number of hydrazine groups is 1. The Morgan fingerprint density at radius 3 is 2.70 bits per heavy atom. The van der Waals surface area contributed by atoms with Crippen LogP contribution in [0.15, 0.2) is 0 Å². The van der Waals surface area contributed by atoms with E-state index in [2.05, 4.69) is 37.6 Å². The number of hydrogen-bond donors (Lipinski definition) is 3. The van der Waals surface area contributed by atoms with E-state index in [1.165, 1.54) is 12.8 Å². The smallest absolute Gasteiger partial charge is 0.323 e. The van der Waals surface area contributed by atoms with Crippen molar-refractivity contribution in [3.8, 4) is 6.01 Å². The summed E-state index contributed by atoms with van der Waals surface area (Å²) in [5, 5.41) is 3.23. The minimum Gasteiger partial charge on any atom is -0.461 e. The van der Waals surface area contributed by atoms with Gasteiger partial charge in [-0.25, -0.2) is 5.84 Å². The summed E-state index contributed by atoms with van der Waals surface area (Å²) in [7, 11) is 2.13. The van der Waals surface area contributed by atoms with Crippen LogP contribution >= 0.6 is 0 Å². The quantitative estimate of drug-likeness (QED) is 0.510. The van der Waals surface area contributed by atoms with Crippen molar-refractivity contribution in [1.82, 2.24) is 19.9 Å². The molecule has 0 radical (unpaired) electrons. The van der Waals surface area contributed by atoms with Gasteiger partial charge in [0.15, 0.2) is 0 Å². The van der Waals surface area contributed by atoms with Crippen molar-refractivity contribution in [3.63, 3.8) is 0 Å². The first-order valence-electron chi connectivity index (χ1n) is 6.92. The lowest BCUT2D eigenvalue weighted by molar-refractivity contribution is 0.222. The number of nitrogens with zero attached hydrogens (tertiary/aromatic N) is 4. The van der Waals surface area contributed by atoms with E-state index >= 15 is 0 Å². The van der Waals surface area contributed by atoms with Gasteiger partial charge in [-0.05, 0) is 40.3 Å². The largest absolute Gasteiger partial charge is 0.461 e. The molecule has 1 atom stereocenters. The zero-order chi connectivity index (χ0) is 14.5. The average Bonchev–Trinajstić information content (AvgIpc) is 2.81. The Bertz CT molecular complexity index is 440. The van der Waals surface area contributed by atoms with Crippen molar-refractivity contribution in [2.75, 3.05) is 30.9 Å². The molecule has 4 N–H and O–H groups in total. The Kier molecular flexibility index (Phi) is 4.91. The maximum atomic E-state index is 5.48. The molecule has 1 aliphatic heterocycles. The summed E-state index contributed by atoms with van der Waals surface area (Å²) in [6.07, 6.45) is 2.42. The maximum Gasteiger partial charge on any atom is 0.323 e. The molecule has 2 heterocycles. The third-order valence-corrected chi connectivity index (χ3v) is 3.25. The summed E-state index contributed by atoms with van der Waals surface area (Å²) in [5.74, 6) is 6.13. The van der Waals surface area contributed by atoms with E-state index < -0.39 is 0 Å². The second-order valence-corrected chi connectivity index (χ2v) is 5.23. The molecule has 20 heavy (non-hydrogen) atoms. The van der Waals surface area contributed by atoms with Gasteiger partial charge in [-0.1, -0.05) is 0 Å². The second kappa shape index (κ2) is 6.67. The van der Waals surface area contributed by atoms with Crippen LogP contribution in [0.4, 0.5) is 11.9 Å². The molecule has 1 saturated heterocycles. The molecule has 0 spiro atoms. The lowest BCUT2D eigenvalue weighted by Gasteiger charge is -2.19. The van der Waals surface area contributed by atoms with Gasteiger partial charge in [-0.3, -0.25) is 5.43 Å². The summed E-state index contributed by atoms with van der Waals surface area (Å²) in [6, 6.07) is 0.778. The highest BCUT2D eigenvalue weighted by Gasteiger charge is 2.20. The molecule has 0 amide bonds. The molecular formula is C12H23N7O. The van der Waals surface area contributed by atoms with Crippen LogP contribution in [0.3, 0.4) is 0 Å². The van der Waals surface area contributed by atoms with E-state index in [0.29, 0.717) is 12.0 Å². The first-order chi connectivity index (χ1) is 9.58. The molecule has 1 aliphatic rings. The topological polar surface area (TPSA) is 101 Å². The van der Waals surface area contributed by atoms with Crippen LogP contribution in [-0.2, 0) is 0 Å². The highest BCUT2D eigenvalue weighted by molar-refractivity contribution is 5.35. The maximum absolute atomic E-state index is 5.48. The molecule has 0 saturated carbocycles. The Hall–Kier alpha value is -1.67. The number of anilines is 2. The van der Waals surface area contributed by atoms with E-state index in [1.54, 1.807) is 0 Å². The number of likely N-dealkylation sites (N-methyl/N-ethyl adjacent to an activating group) is 1. The molecule has 0 aromatic carbocycles. The van der Waals surface area contributed by atoms with Gasteiger partial charge in [0.25, 0.3) is 0 Å². The number of aromatic nitrogens is 3. The summed E-state index contributed by atoms with van der Waals surface area (Å²) < 4.78 is 5.48. The van der Waals surface area contributed by atoms with Crippen LogP contribution in [0.2, 0.25) is 0 Å². The summed E-state index contributed by atoms with van der Waals surface area (Å²) in [6.45, 7) is 5.77. The first-order valence-corrected chi connectivity index (χ1v) is 6.92. The third-order valence-electron chi connectivity index (χ3n) is 3.25. The van der Waals surface area contributed by atoms with Crippen LogP contribution < -0.4 is 21.3 Å². The number of rotatable bonds is 6. The number of hydrogen-bond acceptors (Lipinski definition) is 8. The van der Waals surface area contributed by atoms with Gasteiger partial charge in [-0.15, -0.1) is 0 Å². The van der Waals surface area contributed by atoms with Gasteiger partial charge >= 0.3 is 6.01 Å². The highest BCUT2D eigenvalue weighted by Crippen LogP contribution is 2.16. The Balaban J connectivity index is 2.02. The van der Waals surface area contributed by atoms with Crippen molar-refractivity contribution in [1.29, 1.82) is 0 Å². The van der Waals surface area contributed by atoms with Gasteiger partial charge in [0.1, 0.15) is 0 Å². The minimum atomic E-state index is -0.00293. The summed E-state index contributed by atoms with van der Waals surface area (Å²) >= 11 is 0. The van der Waals surface area contributed by atoms with Crippen LogP contribution in [0.25, 0.3) is 0 Å². The van der Waals surface area contributed by atoms with E-state index in [9.17, 15) is 0 Å². The fourth-order valence-electron chi connectivity index (χ4n) is 2.21. The summed E-state index contributed by atoms with van der Waals surface area (Å²) in [5.41, 5.74) is 2.43. The van der Waals surface area contributed by atoms with E-state index in [1.807, 2.05) is 13.8 Å². The zero-order valence-corrected chi connectivity index (χ0v) is 12.3. The highest BCUT2D eigenvalue weighted by atomic mass is 16.5. The standard InChI is InChI=1S/C12H23N7O/c1-8(2)20-12-16-10(15-11(17-12)18-13)14-7-9-5-4-6-19(9)3/h8-9H,4-7,13H2,1-3H3,(H2,14,15,16,17,18). The number of likely N-dealkylation sites (tertiary alicyclic amines) is 1. The number of nitrogens with two attached hydrogens (primary N) is 1. The van der Waals surface area contributed by atoms with Gasteiger partial charge < -0.3 is 15.0 Å². The second-order valence-electron chi connectivity index (χ2n) is 5.23. The average molecular weight is 281 g/mol. The van der Waals surface area contributed by atoms with Crippen molar-refractivity contribution in [2.45, 2.75) is 38.8 Å². The third kappa shape index (κ3) is 3.91. The lowest BCUT2D eigenvalue weighted by Crippen LogP contribution is -2.32. The predicted octanol–water partition coefficient (Wildman–Crippen LogP) is 0.451. The lowest BCUT2D eigenvalue weighted by atomic mass is 10.2. The zero-order valence-electron chi connectivity index (χ0n) is 12.3. The van der Waals surface area contributed by atoms with Crippen molar-refractivity contribution < 1.29 is 4.74 Å². The molecule has 8 nitrogen and oxygen atoms in total. The van der Waals surface area contributed by atoms with Gasteiger partial charge in [0.2, 0.25) is 11.9 Å². The van der Waals surface area contributed by atoms with E-state index in [0.717, 1.165) is 13.1 Å². The van der Waals surface area contributed by atoms with Crippen LogP contribution in [0.1, 0.15) is 26.7 Å². The molecule has 1 unspecified atom stereocenters. The van der Waals surface area contributed by atoms with Gasteiger partial charge in [-0.2, -0.15) is 15.0 Å². The SMILES string of the molecule is CC(C)Oc1nc(NN)nc(NCC2CCCN2C)n1. The fraction of sp³-hybridized carbons (Fsp3) is 0.750. The van der Waals surface area contributed by atoms with Crippen molar-refractivity contribution >= 4 is 11.9 Å². The first kappa shape index (κ1) is 14.7. The molecule has 2 rings (SSSR count). The van der Waals surface area contributed by atoms with E-state index in [4.69, 9.17) is 10.6 Å². The fourth-order valence-corrected chi connectivity index (χ4v) is 2.21. The molecule has 1 fully saturated rings. The van der Waals surface area contributed by atoms with Crippen LogP contribution in [-0.4, -0.2) is 52.1 Å². The molecule has 1 aromatic rings. The Labute approximate surface area is 119 Å². The van der Waals surface area contributed by atoms with Gasteiger partial charge in [0.05, 0.1) is 6.10 Å². The van der Waals surface area contributed by atoms with Crippen molar-refractivity contribution in [3.05, 3.63) is 0 Å². The number of ether oxygens (including phenoxy) is 1. The van der Waals surface area contributed by atoms with E-state index in [-0.39, 0.29) is 18.1 Å². The molecule has 0 aliphatic carbocycles. The van der Waals surface area contributed by atoms with Gasteiger partial charge in [0, 0.05) is 12.6 Å². The normalized spacial score (nSPS) is 19.4. The summed E-state index contributed by atoms with van der Waals surface area (Å²) in [4.78, 5) is 14.8.